The summed E-state index contributed by atoms with van der Waals surface area (Å²) >= 11 is 1.59. The van der Waals surface area contributed by atoms with E-state index < -0.39 is 17.8 Å². The fourth-order valence-electron chi connectivity index (χ4n) is 1.62. The van der Waals surface area contributed by atoms with Crippen molar-refractivity contribution in [1.29, 1.82) is 0 Å². The number of aryl methyl sites for hydroxylation is 2. The van der Waals surface area contributed by atoms with Crippen molar-refractivity contribution >= 4 is 23.1 Å². The molecule has 0 saturated heterocycles. The molecule has 0 spiro atoms. The minimum atomic E-state index is -4.54. The summed E-state index contributed by atoms with van der Waals surface area (Å²) in [5, 5.41) is 2.83. The molecule has 0 amide bonds. The predicted octanol–water partition coefficient (Wildman–Crippen LogP) is 3.37. The van der Waals surface area contributed by atoms with Gasteiger partial charge in [-0.15, -0.1) is 11.3 Å². The highest BCUT2D eigenvalue weighted by Crippen LogP contribution is 2.29. The Labute approximate surface area is 117 Å². The molecule has 0 aliphatic carbocycles. The molecule has 3 N–H and O–H groups in total. The number of thiophene rings is 1. The van der Waals surface area contributed by atoms with Crippen molar-refractivity contribution < 1.29 is 13.2 Å². The number of halogens is 3. The zero-order valence-electron chi connectivity index (χ0n) is 10.9. The van der Waals surface area contributed by atoms with Gasteiger partial charge in [0, 0.05) is 15.8 Å². The lowest BCUT2D eigenvalue weighted by molar-refractivity contribution is -0.141. The first-order chi connectivity index (χ1) is 9.25. The second-order valence-electron chi connectivity index (χ2n) is 4.30. The van der Waals surface area contributed by atoms with E-state index in [9.17, 15) is 13.2 Å². The summed E-state index contributed by atoms with van der Waals surface area (Å²) in [4.78, 5) is 9.13. The smallest absolute Gasteiger partial charge is 0.368 e. The molecule has 2 heterocycles. The Morgan fingerprint density at radius 2 is 1.95 bits per heavy atom. The zero-order valence-corrected chi connectivity index (χ0v) is 11.7. The first-order valence-electron chi connectivity index (χ1n) is 5.77. The van der Waals surface area contributed by atoms with Gasteiger partial charge in [0.1, 0.15) is 5.82 Å². The zero-order chi connectivity index (χ0) is 14.9. The number of anilines is 2. The standard InChI is InChI=1S/C12H13F3N4S/c1-6-3-8(20-7(6)2)5-17-10-4-9(12(13,14)15)18-11(16)19-10/h3-4H,5H2,1-2H3,(H3,16,17,18,19). The van der Waals surface area contributed by atoms with Crippen molar-refractivity contribution in [2.24, 2.45) is 0 Å². The van der Waals surface area contributed by atoms with E-state index in [0.717, 1.165) is 16.5 Å². The van der Waals surface area contributed by atoms with Crippen LogP contribution < -0.4 is 11.1 Å². The number of aromatic nitrogens is 2. The molecule has 0 aliphatic heterocycles. The van der Waals surface area contributed by atoms with Crippen molar-refractivity contribution in [1.82, 2.24) is 9.97 Å². The van der Waals surface area contributed by atoms with E-state index in [1.165, 1.54) is 4.88 Å². The lowest BCUT2D eigenvalue weighted by atomic mass is 10.3. The fourth-order valence-corrected chi connectivity index (χ4v) is 2.61. The van der Waals surface area contributed by atoms with Gasteiger partial charge in [0.05, 0.1) is 6.54 Å². The lowest BCUT2D eigenvalue weighted by Gasteiger charge is -2.09. The van der Waals surface area contributed by atoms with E-state index in [-0.39, 0.29) is 5.82 Å². The molecule has 108 valence electrons. The monoisotopic (exact) mass is 302 g/mol. The first kappa shape index (κ1) is 14.6. The van der Waals surface area contributed by atoms with E-state index in [0.29, 0.717) is 6.54 Å². The SMILES string of the molecule is Cc1cc(CNc2cc(C(F)(F)F)nc(N)n2)sc1C. The molecule has 2 rings (SSSR count). The molecule has 2 aromatic heterocycles. The molecule has 0 atom stereocenters. The molecule has 2 aromatic rings. The lowest BCUT2D eigenvalue weighted by Crippen LogP contribution is -2.12. The van der Waals surface area contributed by atoms with Gasteiger partial charge in [0.2, 0.25) is 5.95 Å². The summed E-state index contributed by atoms with van der Waals surface area (Å²) in [7, 11) is 0. The average Bonchev–Trinajstić information content (AvgIpc) is 2.65. The van der Waals surface area contributed by atoms with Crippen LogP contribution in [0.1, 0.15) is 21.0 Å². The highest BCUT2D eigenvalue weighted by Gasteiger charge is 2.33. The molecule has 8 heteroatoms. The normalized spacial score (nSPS) is 11.7. The topological polar surface area (TPSA) is 63.8 Å². The Kier molecular flexibility index (Phi) is 3.85. The summed E-state index contributed by atoms with van der Waals surface area (Å²) in [6.45, 7) is 4.38. The third kappa shape index (κ3) is 3.38. The van der Waals surface area contributed by atoms with Gasteiger partial charge in [-0.05, 0) is 25.5 Å². The van der Waals surface area contributed by atoms with E-state index in [2.05, 4.69) is 15.3 Å². The van der Waals surface area contributed by atoms with Gasteiger partial charge in [0.15, 0.2) is 5.69 Å². The van der Waals surface area contributed by atoms with Crippen molar-refractivity contribution in [2.75, 3.05) is 11.1 Å². The molecule has 0 aromatic carbocycles. The summed E-state index contributed by atoms with van der Waals surface area (Å²) in [5.74, 6) is -0.339. The number of alkyl halides is 3. The molecular formula is C12H13F3N4S. The number of nitrogens with one attached hydrogen (secondary N) is 1. The summed E-state index contributed by atoms with van der Waals surface area (Å²) in [6, 6.07) is 2.84. The molecule has 20 heavy (non-hydrogen) atoms. The quantitative estimate of drug-likeness (QED) is 0.912. The van der Waals surface area contributed by atoms with E-state index >= 15 is 0 Å². The number of hydrogen-bond donors (Lipinski definition) is 2. The third-order valence-corrected chi connectivity index (χ3v) is 3.85. The Morgan fingerprint density at radius 3 is 2.50 bits per heavy atom. The molecule has 4 nitrogen and oxygen atoms in total. The van der Waals surface area contributed by atoms with Gasteiger partial charge in [-0.2, -0.15) is 18.2 Å². The number of nitrogen functional groups attached to an aromatic ring is 1. The summed E-state index contributed by atoms with van der Waals surface area (Å²) in [5.41, 5.74) is 5.40. The highest BCUT2D eigenvalue weighted by atomic mass is 32.1. The minimum absolute atomic E-state index is 0.0635. The molecular weight excluding hydrogens is 289 g/mol. The van der Waals surface area contributed by atoms with Crippen LogP contribution in [-0.4, -0.2) is 9.97 Å². The van der Waals surface area contributed by atoms with Gasteiger partial charge >= 0.3 is 6.18 Å². The van der Waals surface area contributed by atoms with Crippen LogP contribution in [0.25, 0.3) is 0 Å². The van der Waals surface area contributed by atoms with Crippen LogP contribution in [0.4, 0.5) is 24.9 Å². The number of rotatable bonds is 3. The molecule has 0 radical (unpaired) electrons. The average molecular weight is 302 g/mol. The second-order valence-corrected chi connectivity index (χ2v) is 5.64. The molecule has 0 unspecified atom stereocenters. The van der Waals surface area contributed by atoms with E-state index in [4.69, 9.17) is 5.73 Å². The van der Waals surface area contributed by atoms with Crippen LogP contribution in [-0.2, 0) is 12.7 Å². The summed E-state index contributed by atoms with van der Waals surface area (Å²) in [6.07, 6.45) is -4.54. The van der Waals surface area contributed by atoms with Gasteiger partial charge in [-0.3, -0.25) is 0 Å². The number of nitrogens with two attached hydrogens (primary N) is 1. The fraction of sp³-hybridized carbons (Fsp3) is 0.333. The summed E-state index contributed by atoms with van der Waals surface area (Å²) < 4.78 is 37.8. The molecule has 0 bridgehead atoms. The van der Waals surface area contributed by atoms with Crippen LogP contribution in [0.5, 0.6) is 0 Å². The maximum Gasteiger partial charge on any atom is 0.433 e. The largest absolute Gasteiger partial charge is 0.433 e. The Bertz CT molecular complexity index is 602. The maximum absolute atomic E-state index is 12.6. The van der Waals surface area contributed by atoms with Crippen molar-refractivity contribution in [3.05, 3.63) is 33.1 Å². The van der Waals surface area contributed by atoms with Crippen LogP contribution >= 0.6 is 11.3 Å². The molecule has 0 saturated carbocycles. The molecule has 0 aliphatic rings. The van der Waals surface area contributed by atoms with Crippen molar-refractivity contribution in [3.63, 3.8) is 0 Å². The van der Waals surface area contributed by atoms with E-state index in [1.54, 1.807) is 11.3 Å². The van der Waals surface area contributed by atoms with Gasteiger partial charge in [-0.1, -0.05) is 0 Å². The Morgan fingerprint density at radius 1 is 1.25 bits per heavy atom. The second kappa shape index (κ2) is 5.28. The van der Waals surface area contributed by atoms with Crippen molar-refractivity contribution in [2.45, 2.75) is 26.6 Å². The highest BCUT2D eigenvalue weighted by molar-refractivity contribution is 7.12. The van der Waals surface area contributed by atoms with Crippen LogP contribution in [0.15, 0.2) is 12.1 Å². The van der Waals surface area contributed by atoms with Crippen LogP contribution in [0.2, 0.25) is 0 Å². The number of hydrogen-bond acceptors (Lipinski definition) is 5. The van der Waals surface area contributed by atoms with Gasteiger partial charge < -0.3 is 11.1 Å². The molecule has 0 fully saturated rings. The maximum atomic E-state index is 12.6. The van der Waals surface area contributed by atoms with Crippen LogP contribution in [0.3, 0.4) is 0 Å². The minimum Gasteiger partial charge on any atom is -0.368 e. The number of nitrogens with zero attached hydrogens (tertiary/aromatic N) is 2. The van der Waals surface area contributed by atoms with Crippen molar-refractivity contribution in [3.8, 4) is 0 Å². The Balaban J connectivity index is 2.15. The third-order valence-electron chi connectivity index (χ3n) is 2.69. The Hall–Kier alpha value is -1.83. The van der Waals surface area contributed by atoms with Crippen LogP contribution in [0, 0.1) is 13.8 Å². The van der Waals surface area contributed by atoms with Gasteiger partial charge in [-0.25, -0.2) is 4.98 Å². The van der Waals surface area contributed by atoms with Gasteiger partial charge in [0.25, 0.3) is 0 Å². The first-order valence-corrected chi connectivity index (χ1v) is 6.59. The predicted molar refractivity (Wildman–Crippen MR) is 72.6 cm³/mol. The van der Waals surface area contributed by atoms with E-state index in [1.807, 2.05) is 19.9 Å².